The van der Waals surface area contributed by atoms with Crippen LogP contribution in [0.25, 0.3) is 0 Å². The number of aliphatic hydroxyl groups is 2. The average Bonchev–Trinajstić information content (AvgIpc) is 2.92. The molecule has 1 aromatic carbocycles. The molecule has 1 aromatic rings. The summed E-state index contributed by atoms with van der Waals surface area (Å²) in [5, 5.41) is 18.9. The molecule has 3 atom stereocenters. The third-order valence-electron chi connectivity index (χ3n) is 9.33. The van der Waals surface area contributed by atoms with Crippen LogP contribution in [0, 0.1) is 43.9 Å². The van der Waals surface area contributed by atoms with Crippen LogP contribution in [0.2, 0.25) is 0 Å². The normalized spacial score (nSPS) is 18.5. The second kappa shape index (κ2) is 16.2. The van der Waals surface area contributed by atoms with E-state index in [0.29, 0.717) is 5.75 Å². The Bertz CT molecular complexity index is 966. The third kappa shape index (κ3) is 10.8. The molecule has 2 rings (SSSR count). The van der Waals surface area contributed by atoms with Crippen molar-refractivity contribution < 1.29 is 29.2 Å². The highest BCUT2D eigenvalue weighted by atomic mass is 16.7. The van der Waals surface area contributed by atoms with E-state index >= 15 is 0 Å². The quantitative estimate of drug-likeness (QED) is 0.143. The molecule has 3 unspecified atom stereocenters. The first-order chi connectivity index (χ1) is 19.2. The van der Waals surface area contributed by atoms with Gasteiger partial charge in [-0.3, -0.25) is 0 Å². The standard InChI is InChI=1S/C35H60O6/c1-24(2)13-10-14-25(3)15-11-16-26(4)17-12-19-35(9)20-18-30-29(7)31(27(5)28(6)32(30)41-35)40-33(38)39-23-34(8,21-36)22-37/h24-26,36-37H,10-23H2,1-9H3. The lowest BCUT2D eigenvalue weighted by Gasteiger charge is -2.38. The Labute approximate surface area is 250 Å². The molecule has 6 nitrogen and oxygen atoms in total. The maximum Gasteiger partial charge on any atom is 0.513 e. The van der Waals surface area contributed by atoms with E-state index < -0.39 is 11.6 Å². The van der Waals surface area contributed by atoms with Gasteiger partial charge in [-0.05, 0) is 87.8 Å². The van der Waals surface area contributed by atoms with E-state index in [-0.39, 0.29) is 25.4 Å². The van der Waals surface area contributed by atoms with Gasteiger partial charge in [0, 0.05) is 11.0 Å². The lowest BCUT2D eigenvalue weighted by atomic mass is 9.83. The number of carbonyl (C=O) groups excluding carboxylic acids is 1. The maximum atomic E-state index is 12.5. The van der Waals surface area contributed by atoms with Crippen LogP contribution in [0.5, 0.6) is 11.5 Å². The Kier molecular flexibility index (Phi) is 14.0. The Balaban J connectivity index is 1.89. The van der Waals surface area contributed by atoms with Gasteiger partial charge in [0.1, 0.15) is 23.7 Å². The van der Waals surface area contributed by atoms with Gasteiger partial charge in [-0.1, -0.05) is 79.6 Å². The molecule has 2 N–H and O–H groups in total. The Morgan fingerprint density at radius 1 is 0.902 bits per heavy atom. The van der Waals surface area contributed by atoms with Gasteiger partial charge >= 0.3 is 6.16 Å². The van der Waals surface area contributed by atoms with Crippen LogP contribution < -0.4 is 9.47 Å². The summed E-state index contributed by atoms with van der Waals surface area (Å²) in [6, 6.07) is 0. The Morgan fingerprint density at radius 3 is 2.02 bits per heavy atom. The van der Waals surface area contributed by atoms with Crippen molar-refractivity contribution in [3.8, 4) is 11.5 Å². The van der Waals surface area contributed by atoms with Gasteiger partial charge in [-0.2, -0.15) is 0 Å². The van der Waals surface area contributed by atoms with Gasteiger partial charge in [0.05, 0.1) is 13.2 Å². The third-order valence-corrected chi connectivity index (χ3v) is 9.33. The predicted octanol–water partition coefficient (Wildman–Crippen LogP) is 8.64. The molecule has 0 saturated heterocycles. The van der Waals surface area contributed by atoms with Crippen molar-refractivity contribution in [3.05, 3.63) is 22.3 Å². The average molecular weight is 577 g/mol. The van der Waals surface area contributed by atoms with Crippen molar-refractivity contribution in [2.24, 2.45) is 23.2 Å². The molecule has 41 heavy (non-hydrogen) atoms. The van der Waals surface area contributed by atoms with Crippen molar-refractivity contribution in [2.45, 2.75) is 139 Å². The van der Waals surface area contributed by atoms with Crippen LogP contribution in [-0.2, 0) is 11.2 Å². The molecule has 1 heterocycles. The molecule has 0 fully saturated rings. The van der Waals surface area contributed by atoms with Crippen molar-refractivity contribution in [2.75, 3.05) is 19.8 Å². The number of hydrogen-bond donors (Lipinski definition) is 2. The molecular weight excluding hydrogens is 516 g/mol. The van der Waals surface area contributed by atoms with Crippen molar-refractivity contribution in [1.29, 1.82) is 0 Å². The minimum Gasteiger partial charge on any atom is -0.487 e. The van der Waals surface area contributed by atoms with E-state index in [1.807, 2.05) is 20.8 Å². The minimum absolute atomic E-state index is 0.126. The highest BCUT2D eigenvalue weighted by molar-refractivity contribution is 5.68. The van der Waals surface area contributed by atoms with Crippen LogP contribution in [0.3, 0.4) is 0 Å². The fraction of sp³-hybridized carbons (Fsp3) is 0.800. The van der Waals surface area contributed by atoms with Gasteiger partial charge in [0.25, 0.3) is 0 Å². The number of fused-ring (bicyclic) bond motifs is 1. The SMILES string of the molecule is Cc1c(C)c2c(c(C)c1OC(=O)OCC(C)(CO)CO)CCC(C)(CCCC(C)CCCC(C)CCCC(C)C)O2. The first-order valence-electron chi connectivity index (χ1n) is 16.1. The van der Waals surface area contributed by atoms with Crippen LogP contribution in [-0.4, -0.2) is 41.8 Å². The predicted molar refractivity (Wildman–Crippen MR) is 167 cm³/mol. The van der Waals surface area contributed by atoms with Crippen LogP contribution in [0.4, 0.5) is 4.79 Å². The van der Waals surface area contributed by atoms with Crippen molar-refractivity contribution in [1.82, 2.24) is 0 Å². The molecule has 236 valence electrons. The van der Waals surface area contributed by atoms with Crippen LogP contribution >= 0.6 is 0 Å². The number of aliphatic hydroxyl groups excluding tert-OH is 2. The summed E-state index contributed by atoms with van der Waals surface area (Å²) < 4.78 is 17.6. The summed E-state index contributed by atoms with van der Waals surface area (Å²) in [6.07, 6.45) is 12.5. The second-order valence-electron chi connectivity index (χ2n) is 14.2. The molecule has 0 amide bonds. The van der Waals surface area contributed by atoms with E-state index in [9.17, 15) is 15.0 Å². The molecule has 1 aliphatic heterocycles. The van der Waals surface area contributed by atoms with Crippen LogP contribution in [0.15, 0.2) is 0 Å². The van der Waals surface area contributed by atoms with E-state index in [0.717, 1.165) is 65.0 Å². The van der Waals surface area contributed by atoms with Gasteiger partial charge in [0.2, 0.25) is 0 Å². The van der Waals surface area contributed by atoms with Gasteiger partial charge in [-0.25, -0.2) is 4.79 Å². The summed E-state index contributed by atoms with van der Waals surface area (Å²) in [5.41, 5.74) is 2.76. The minimum atomic E-state index is -0.906. The molecule has 0 saturated carbocycles. The van der Waals surface area contributed by atoms with Crippen molar-refractivity contribution >= 4 is 6.16 Å². The highest BCUT2D eigenvalue weighted by Crippen LogP contribution is 2.45. The first kappa shape index (κ1) is 35.4. The van der Waals surface area contributed by atoms with Crippen molar-refractivity contribution in [3.63, 3.8) is 0 Å². The smallest absolute Gasteiger partial charge is 0.487 e. The molecular formula is C35H60O6. The first-order valence-corrected chi connectivity index (χ1v) is 16.1. The number of ether oxygens (including phenoxy) is 3. The fourth-order valence-electron chi connectivity index (χ4n) is 5.90. The summed E-state index contributed by atoms with van der Waals surface area (Å²) in [6.45, 7) is 18.6. The van der Waals surface area contributed by atoms with E-state index in [1.165, 1.54) is 51.4 Å². The molecule has 6 heteroatoms. The molecule has 0 bridgehead atoms. The fourth-order valence-corrected chi connectivity index (χ4v) is 5.90. The summed E-state index contributed by atoms with van der Waals surface area (Å²) in [5.74, 6) is 3.85. The summed E-state index contributed by atoms with van der Waals surface area (Å²) in [4.78, 5) is 12.5. The number of benzene rings is 1. The topological polar surface area (TPSA) is 85.2 Å². The number of hydrogen-bond acceptors (Lipinski definition) is 6. The maximum absolute atomic E-state index is 12.5. The number of rotatable bonds is 17. The van der Waals surface area contributed by atoms with E-state index in [2.05, 4.69) is 34.6 Å². The Morgan fingerprint density at radius 2 is 1.46 bits per heavy atom. The van der Waals surface area contributed by atoms with Gasteiger partial charge in [-0.15, -0.1) is 0 Å². The van der Waals surface area contributed by atoms with E-state index in [4.69, 9.17) is 14.2 Å². The highest BCUT2D eigenvalue weighted by Gasteiger charge is 2.35. The molecule has 0 aromatic heterocycles. The molecule has 0 spiro atoms. The monoisotopic (exact) mass is 576 g/mol. The number of carbonyl (C=O) groups is 1. The molecule has 0 aliphatic carbocycles. The summed E-state index contributed by atoms with van der Waals surface area (Å²) >= 11 is 0. The van der Waals surface area contributed by atoms with Gasteiger partial charge < -0.3 is 24.4 Å². The largest absolute Gasteiger partial charge is 0.513 e. The zero-order valence-electron chi connectivity index (χ0n) is 27.7. The molecule has 0 radical (unpaired) electrons. The zero-order chi connectivity index (χ0) is 30.8. The summed E-state index contributed by atoms with van der Waals surface area (Å²) in [7, 11) is 0. The van der Waals surface area contributed by atoms with Gasteiger partial charge in [0.15, 0.2) is 0 Å². The van der Waals surface area contributed by atoms with E-state index in [1.54, 1.807) is 6.92 Å². The second-order valence-corrected chi connectivity index (χ2v) is 14.2. The lowest BCUT2D eigenvalue weighted by Crippen LogP contribution is -2.37. The van der Waals surface area contributed by atoms with Crippen LogP contribution in [0.1, 0.15) is 128 Å². The lowest BCUT2D eigenvalue weighted by molar-refractivity contribution is -0.00238. The molecule has 1 aliphatic rings. The Hall–Kier alpha value is -1.79. The zero-order valence-corrected chi connectivity index (χ0v) is 27.7.